The largest absolute Gasteiger partial charge is 0.316 e. The van der Waals surface area contributed by atoms with Gasteiger partial charge >= 0.3 is 0 Å². The van der Waals surface area contributed by atoms with Gasteiger partial charge in [-0.05, 0) is 34.9 Å². The maximum absolute atomic E-state index is 3.22. The number of benzene rings is 2. The maximum atomic E-state index is 3.22. The van der Waals surface area contributed by atoms with Crippen LogP contribution in [0.5, 0.6) is 0 Å². The molecule has 2 aromatic carbocycles. The molecular formula is C17H19N. The van der Waals surface area contributed by atoms with Crippen LogP contribution in [0.25, 0.3) is 11.1 Å². The van der Waals surface area contributed by atoms with Crippen molar-refractivity contribution in [1.82, 2.24) is 5.32 Å². The van der Waals surface area contributed by atoms with Crippen LogP contribution in [-0.4, -0.2) is 7.05 Å². The lowest BCUT2D eigenvalue weighted by molar-refractivity contribution is 0.658. The Morgan fingerprint density at radius 3 is 2.44 bits per heavy atom. The zero-order chi connectivity index (χ0) is 12.8. The minimum atomic E-state index is 0.121. The van der Waals surface area contributed by atoms with Crippen molar-refractivity contribution in [1.29, 1.82) is 0 Å². The van der Waals surface area contributed by atoms with E-state index in [1.54, 1.807) is 0 Å². The topological polar surface area (TPSA) is 12.0 Å². The quantitative estimate of drug-likeness (QED) is 0.839. The van der Waals surface area contributed by atoms with Crippen LogP contribution in [0.1, 0.15) is 30.5 Å². The first kappa shape index (κ1) is 11.5. The summed E-state index contributed by atoms with van der Waals surface area (Å²) in [5.41, 5.74) is 7.18. The van der Waals surface area contributed by atoms with E-state index in [1.165, 1.54) is 27.8 Å². The number of hydrogen-bond donors (Lipinski definition) is 1. The van der Waals surface area contributed by atoms with Gasteiger partial charge in [-0.25, -0.2) is 0 Å². The third-order valence-electron chi connectivity index (χ3n) is 4.03. The second-order valence-electron chi connectivity index (χ2n) is 5.58. The summed E-state index contributed by atoms with van der Waals surface area (Å²) in [5.74, 6) is 0. The Hall–Kier alpha value is -1.60. The Morgan fingerprint density at radius 2 is 1.67 bits per heavy atom. The average Bonchev–Trinajstić information content (AvgIpc) is 2.60. The molecule has 3 rings (SSSR count). The van der Waals surface area contributed by atoms with Gasteiger partial charge in [0.1, 0.15) is 0 Å². The molecule has 1 aliphatic carbocycles. The first-order valence-electron chi connectivity index (χ1n) is 6.52. The Balaban J connectivity index is 2.22. The summed E-state index contributed by atoms with van der Waals surface area (Å²) in [4.78, 5) is 0. The lowest BCUT2D eigenvalue weighted by Crippen LogP contribution is -2.15. The highest BCUT2D eigenvalue weighted by Crippen LogP contribution is 2.48. The average molecular weight is 237 g/mol. The molecule has 0 spiro atoms. The Labute approximate surface area is 109 Å². The fraction of sp³-hybridized carbons (Fsp3) is 0.294. The standard InChI is InChI=1S/C17H19N/c1-17(2)15-7-5-4-6-13(15)14-9-8-12(11-18-3)10-16(14)17/h4-10,18H,11H2,1-3H3. The van der Waals surface area contributed by atoms with Crippen molar-refractivity contribution in [2.75, 3.05) is 7.05 Å². The van der Waals surface area contributed by atoms with Gasteiger partial charge in [-0.1, -0.05) is 56.3 Å². The SMILES string of the molecule is CNCc1ccc2c(c1)C(C)(C)c1ccccc1-2. The Bertz CT molecular complexity index is 596. The number of rotatable bonds is 2. The van der Waals surface area contributed by atoms with E-state index in [2.05, 4.69) is 61.6 Å². The Kier molecular flexibility index (Phi) is 2.53. The van der Waals surface area contributed by atoms with Gasteiger partial charge in [-0.2, -0.15) is 0 Å². The van der Waals surface area contributed by atoms with Crippen molar-refractivity contribution in [3.8, 4) is 11.1 Å². The molecule has 1 nitrogen and oxygen atoms in total. The third-order valence-corrected chi connectivity index (χ3v) is 4.03. The van der Waals surface area contributed by atoms with Crippen molar-refractivity contribution < 1.29 is 0 Å². The molecule has 0 heterocycles. The molecule has 0 saturated carbocycles. The predicted molar refractivity (Wildman–Crippen MR) is 76.8 cm³/mol. The molecule has 0 aliphatic heterocycles. The maximum Gasteiger partial charge on any atom is 0.0202 e. The molecule has 0 saturated heterocycles. The summed E-state index contributed by atoms with van der Waals surface area (Å²) in [6, 6.07) is 15.6. The lowest BCUT2D eigenvalue weighted by atomic mass is 9.82. The van der Waals surface area contributed by atoms with Crippen molar-refractivity contribution in [3.63, 3.8) is 0 Å². The molecule has 0 unspecified atom stereocenters. The van der Waals surface area contributed by atoms with Crippen LogP contribution in [-0.2, 0) is 12.0 Å². The number of hydrogen-bond acceptors (Lipinski definition) is 1. The van der Waals surface area contributed by atoms with E-state index in [-0.39, 0.29) is 5.41 Å². The molecule has 1 aliphatic rings. The van der Waals surface area contributed by atoms with Crippen LogP contribution in [0.3, 0.4) is 0 Å². The van der Waals surface area contributed by atoms with Gasteiger partial charge in [-0.3, -0.25) is 0 Å². The fourth-order valence-electron chi connectivity index (χ4n) is 3.07. The van der Waals surface area contributed by atoms with Gasteiger partial charge in [0, 0.05) is 12.0 Å². The highest BCUT2D eigenvalue weighted by atomic mass is 14.8. The van der Waals surface area contributed by atoms with E-state index >= 15 is 0 Å². The number of nitrogens with one attached hydrogen (secondary N) is 1. The van der Waals surface area contributed by atoms with Crippen LogP contribution in [0.4, 0.5) is 0 Å². The van der Waals surface area contributed by atoms with Gasteiger partial charge in [0.15, 0.2) is 0 Å². The van der Waals surface area contributed by atoms with Crippen LogP contribution in [0, 0.1) is 0 Å². The molecule has 0 bridgehead atoms. The third kappa shape index (κ3) is 1.51. The number of fused-ring (bicyclic) bond motifs is 3. The van der Waals surface area contributed by atoms with Gasteiger partial charge < -0.3 is 5.32 Å². The Morgan fingerprint density at radius 1 is 0.944 bits per heavy atom. The fourth-order valence-corrected chi connectivity index (χ4v) is 3.07. The summed E-state index contributed by atoms with van der Waals surface area (Å²) < 4.78 is 0. The molecule has 0 atom stereocenters. The van der Waals surface area contributed by atoms with Crippen LogP contribution in [0.15, 0.2) is 42.5 Å². The summed E-state index contributed by atoms with van der Waals surface area (Å²) in [6.07, 6.45) is 0. The monoisotopic (exact) mass is 237 g/mol. The smallest absolute Gasteiger partial charge is 0.0202 e. The van der Waals surface area contributed by atoms with Gasteiger partial charge in [0.25, 0.3) is 0 Å². The molecule has 2 aromatic rings. The van der Waals surface area contributed by atoms with E-state index < -0.39 is 0 Å². The van der Waals surface area contributed by atoms with E-state index in [1.807, 2.05) is 7.05 Å². The minimum Gasteiger partial charge on any atom is -0.316 e. The molecular weight excluding hydrogens is 218 g/mol. The second kappa shape index (κ2) is 3.96. The van der Waals surface area contributed by atoms with E-state index in [9.17, 15) is 0 Å². The van der Waals surface area contributed by atoms with Crippen molar-refractivity contribution in [2.24, 2.45) is 0 Å². The molecule has 18 heavy (non-hydrogen) atoms. The summed E-state index contributed by atoms with van der Waals surface area (Å²) >= 11 is 0. The van der Waals surface area contributed by atoms with Crippen molar-refractivity contribution >= 4 is 0 Å². The highest BCUT2D eigenvalue weighted by molar-refractivity contribution is 5.80. The van der Waals surface area contributed by atoms with Crippen molar-refractivity contribution in [3.05, 3.63) is 59.2 Å². The minimum absolute atomic E-state index is 0.121. The van der Waals surface area contributed by atoms with Gasteiger partial charge in [0.05, 0.1) is 0 Å². The first-order valence-corrected chi connectivity index (χ1v) is 6.52. The normalized spacial score (nSPS) is 15.3. The van der Waals surface area contributed by atoms with Crippen LogP contribution >= 0.6 is 0 Å². The molecule has 1 heteroatoms. The summed E-state index contributed by atoms with van der Waals surface area (Å²) in [7, 11) is 1.99. The van der Waals surface area contributed by atoms with Gasteiger partial charge in [0.2, 0.25) is 0 Å². The molecule has 0 fully saturated rings. The lowest BCUT2D eigenvalue weighted by Gasteiger charge is -2.21. The highest BCUT2D eigenvalue weighted by Gasteiger charge is 2.34. The molecule has 0 radical (unpaired) electrons. The second-order valence-corrected chi connectivity index (χ2v) is 5.58. The van der Waals surface area contributed by atoms with E-state index in [4.69, 9.17) is 0 Å². The summed E-state index contributed by atoms with van der Waals surface area (Å²) in [6.45, 7) is 5.57. The molecule has 0 amide bonds. The first-order chi connectivity index (χ1) is 8.64. The zero-order valence-corrected chi connectivity index (χ0v) is 11.2. The molecule has 1 N–H and O–H groups in total. The van der Waals surface area contributed by atoms with Crippen molar-refractivity contribution in [2.45, 2.75) is 25.8 Å². The molecule has 92 valence electrons. The van der Waals surface area contributed by atoms with E-state index in [0.29, 0.717) is 0 Å². The zero-order valence-electron chi connectivity index (χ0n) is 11.2. The van der Waals surface area contributed by atoms with Crippen LogP contribution < -0.4 is 5.32 Å². The predicted octanol–water partition coefficient (Wildman–Crippen LogP) is 3.71. The van der Waals surface area contributed by atoms with Gasteiger partial charge in [-0.15, -0.1) is 0 Å². The van der Waals surface area contributed by atoms with E-state index in [0.717, 1.165) is 6.54 Å². The molecule has 0 aromatic heterocycles. The summed E-state index contributed by atoms with van der Waals surface area (Å²) in [5, 5.41) is 3.22. The van der Waals surface area contributed by atoms with Crippen LogP contribution in [0.2, 0.25) is 0 Å².